The predicted molar refractivity (Wildman–Crippen MR) is 98.1 cm³/mol. The van der Waals surface area contributed by atoms with Gasteiger partial charge in [0.2, 0.25) is 0 Å². The first-order valence-corrected chi connectivity index (χ1v) is 9.35. The Morgan fingerprint density at radius 1 is 1.20 bits per heavy atom. The topological polar surface area (TPSA) is 89.7 Å². The predicted octanol–water partition coefficient (Wildman–Crippen LogP) is 3.07. The number of carbonyl (C=O) groups excluding carboxylic acids is 1. The molecule has 2 N–H and O–H groups in total. The molecule has 0 unspecified atom stereocenters. The maximum atomic E-state index is 13.0. The Bertz CT molecular complexity index is 868. The summed E-state index contributed by atoms with van der Waals surface area (Å²) in [7, 11) is -4.03. The van der Waals surface area contributed by atoms with Crippen LogP contribution in [0.3, 0.4) is 0 Å². The lowest BCUT2D eigenvalue weighted by molar-refractivity contribution is -0.145. The molecule has 2 aromatic carbocycles. The number of ether oxygens (including phenoxy) is 1. The lowest BCUT2D eigenvalue weighted by atomic mass is 10.3. The van der Waals surface area contributed by atoms with Crippen molar-refractivity contribution < 1.29 is 17.9 Å². The molecule has 134 valence electrons. The summed E-state index contributed by atoms with van der Waals surface area (Å²) in [5.74, 6) is -0.664. The molecule has 8 heteroatoms. The SMILES string of the molecule is CC(C)OC(=O)CN(c1cccc(Cl)c1)S(=O)(=O)c1cccc(N)c1. The van der Waals surface area contributed by atoms with Crippen LogP contribution in [0.5, 0.6) is 0 Å². The molecule has 0 aliphatic heterocycles. The highest BCUT2D eigenvalue weighted by Gasteiger charge is 2.28. The summed E-state index contributed by atoms with van der Waals surface area (Å²) in [6, 6.07) is 12.1. The van der Waals surface area contributed by atoms with Crippen molar-refractivity contribution in [1.29, 1.82) is 0 Å². The summed E-state index contributed by atoms with van der Waals surface area (Å²) in [6.07, 6.45) is -0.358. The Morgan fingerprint density at radius 2 is 1.88 bits per heavy atom. The number of esters is 1. The number of nitrogen functional groups attached to an aromatic ring is 1. The molecular formula is C17H19ClN2O4S. The molecule has 2 rings (SSSR count). The zero-order chi connectivity index (χ0) is 18.6. The summed E-state index contributed by atoms with van der Waals surface area (Å²) in [6.45, 7) is 2.90. The van der Waals surface area contributed by atoms with Gasteiger partial charge in [-0.3, -0.25) is 9.10 Å². The van der Waals surface area contributed by atoms with Crippen molar-refractivity contribution in [3.63, 3.8) is 0 Å². The van der Waals surface area contributed by atoms with E-state index in [1.807, 2.05) is 0 Å². The van der Waals surface area contributed by atoms with Crippen LogP contribution in [0.1, 0.15) is 13.8 Å². The minimum Gasteiger partial charge on any atom is -0.462 e. The van der Waals surface area contributed by atoms with Gasteiger partial charge in [0.1, 0.15) is 6.54 Å². The third kappa shape index (κ3) is 4.87. The van der Waals surface area contributed by atoms with E-state index in [0.29, 0.717) is 10.7 Å². The van der Waals surface area contributed by atoms with Crippen LogP contribution in [0.4, 0.5) is 11.4 Å². The standard InChI is InChI=1S/C17H19ClN2O4S/c1-12(2)24-17(21)11-20(15-7-3-5-13(18)9-15)25(22,23)16-8-4-6-14(19)10-16/h3-10,12H,11,19H2,1-2H3. The van der Waals surface area contributed by atoms with E-state index in [4.69, 9.17) is 22.1 Å². The average Bonchev–Trinajstić information content (AvgIpc) is 2.51. The van der Waals surface area contributed by atoms with Crippen molar-refractivity contribution in [2.45, 2.75) is 24.8 Å². The first-order valence-electron chi connectivity index (χ1n) is 7.53. The second-order valence-electron chi connectivity index (χ2n) is 5.60. The largest absolute Gasteiger partial charge is 0.462 e. The monoisotopic (exact) mass is 382 g/mol. The maximum absolute atomic E-state index is 13.0. The number of carbonyl (C=O) groups is 1. The van der Waals surface area contributed by atoms with Crippen LogP contribution in [-0.2, 0) is 19.6 Å². The fourth-order valence-electron chi connectivity index (χ4n) is 2.17. The van der Waals surface area contributed by atoms with Crippen LogP contribution in [0.25, 0.3) is 0 Å². The molecule has 6 nitrogen and oxygen atoms in total. The summed E-state index contributed by atoms with van der Waals surface area (Å²) in [5, 5.41) is 0.350. The molecule has 0 saturated heterocycles. The van der Waals surface area contributed by atoms with Gasteiger partial charge in [0.05, 0.1) is 16.7 Å². The molecule has 0 aliphatic rings. The number of nitrogens with zero attached hydrogens (tertiary/aromatic N) is 1. The molecule has 25 heavy (non-hydrogen) atoms. The summed E-state index contributed by atoms with van der Waals surface area (Å²) in [4.78, 5) is 12.1. The molecule has 0 heterocycles. The molecule has 0 amide bonds. The molecular weight excluding hydrogens is 364 g/mol. The van der Waals surface area contributed by atoms with Crippen molar-refractivity contribution in [3.8, 4) is 0 Å². The Balaban J connectivity index is 2.48. The van der Waals surface area contributed by atoms with Crippen LogP contribution in [0.2, 0.25) is 5.02 Å². The zero-order valence-electron chi connectivity index (χ0n) is 13.8. The lowest BCUT2D eigenvalue weighted by Gasteiger charge is -2.24. The number of halogens is 1. The Morgan fingerprint density at radius 3 is 2.48 bits per heavy atom. The first-order chi connectivity index (χ1) is 11.7. The number of rotatable bonds is 6. The second-order valence-corrected chi connectivity index (χ2v) is 7.90. The van der Waals surface area contributed by atoms with Gasteiger partial charge in [-0.1, -0.05) is 23.7 Å². The normalized spacial score (nSPS) is 11.4. The van der Waals surface area contributed by atoms with Gasteiger partial charge in [0.15, 0.2) is 0 Å². The number of nitrogens with two attached hydrogens (primary N) is 1. The van der Waals surface area contributed by atoms with E-state index in [1.165, 1.54) is 24.3 Å². The van der Waals surface area contributed by atoms with E-state index in [-0.39, 0.29) is 16.7 Å². The van der Waals surface area contributed by atoms with Gasteiger partial charge in [-0.25, -0.2) is 8.42 Å². The van der Waals surface area contributed by atoms with Crippen molar-refractivity contribution >= 4 is 39.0 Å². The van der Waals surface area contributed by atoms with E-state index >= 15 is 0 Å². The smallest absolute Gasteiger partial charge is 0.327 e. The highest BCUT2D eigenvalue weighted by Crippen LogP contribution is 2.27. The van der Waals surface area contributed by atoms with Gasteiger partial charge in [0, 0.05) is 10.7 Å². The van der Waals surface area contributed by atoms with Crippen molar-refractivity contribution in [2.75, 3.05) is 16.6 Å². The molecule has 0 aromatic heterocycles. The lowest BCUT2D eigenvalue weighted by Crippen LogP contribution is -2.37. The minimum absolute atomic E-state index is 0.0233. The minimum atomic E-state index is -4.03. The van der Waals surface area contributed by atoms with Crippen LogP contribution in [0.15, 0.2) is 53.4 Å². The third-order valence-electron chi connectivity index (χ3n) is 3.18. The van der Waals surface area contributed by atoms with Crippen LogP contribution < -0.4 is 10.0 Å². The average molecular weight is 383 g/mol. The van der Waals surface area contributed by atoms with Gasteiger partial charge >= 0.3 is 5.97 Å². The second kappa shape index (κ2) is 7.76. The fourth-order valence-corrected chi connectivity index (χ4v) is 3.81. The van der Waals surface area contributed by atoms with Crippen molar-refractivity contribution in [2.24, 2.45) is 0 Å². The highest BCUT2D eigenvalue weighted by atomic mass is 35.5. The van der Waals surface area contributed by atoms with Crippen LogP contribution in [-0.4, -0.2) is 27.0 Å². The Labute approximate surface area is 152 Å². The molecule has 0 fully saturated rings. The molecule has 2 aromatic rings. The van der Waals surface area contributed by atoms with Crippen LogP contribution >= 0.6 is 11.6 Å². The van der Waals surface area contributed by atoms with E-state index < -0.39 is 22.5 Å². The molecule has 0 radical (unpaired) electrons. The van der Waals surface area contributed by atoms with Crippen molar-refractivity contribution in [3.05, 3.63) is 53.6 Å². The van der Waals surface area contributed by atoms with Crippen molar-refractivity contribution in [1.82, 2.24) is 0 Å². The van der Waals surface area contributed by atoms with E-state index in [0.717, 1.165) is 4.31 Å². The summed E-state index contributed by atoms with van der Waals surface area (Å²) < 4.78 is 32.1. The number of hydrogen-bond donors (Lipinski definition) is 1. The highest BCUT2D eigenvalue weighted by molar-refractivity contribution is 7.92. The quantitative estimate of drug-likeness (QED) is 0.612. The van der Waals surface area contributed by atoms with E-state index in [2.05, 4.69) is 0 Å². The molecule has 0 saturated carbocycles. The van der Waals surface area contributed by atoms with Crippen LogP contribution in [0, 0.1) is 0 Å². The molecule has 0 atom stereocenters. The Hall–Kier alpha value is -2.25. The number of benzene rings is 2. The third-order valence-corrected chi connectivity index (χ3v) is 5.19. The molecule has 0 aliphatic carbocycles. The molecule has 0 bridgehead atoms. The Kier molecular flexibility index (Phi) is 5.92. The van der Waals surface area contributed by atoms with E-state index in [9.17, 15) is 13.2 Å². The van der Waals surface area contributed by atoms with Gasteiger partial charge < -0.3 is 10.5 Å². The number of hydrogen-bond acceptors (Lipinski definition) is 5. The number of anilines is 2. The van der Waals surface area contributed by atoms with Gasteiger partial charge in [-0.15, -0.1) is 0 Å². The molecule has 0 spiro atoms. The first kappa shape index (κ1) is 19.1. The van der Waals surface area contributed by atoms with E-state index in [1.54, 1.807) is 38.1 Å². The summed E-state index contributed by atoms with van der Waals surface area (Å²) in [5.41, 5.74) is 6.25. The zero-order valence-corrected chi connectivity index (χ0v) is 15.4. The maximum Gasteiger partial charge on any atom is 0.327 e. The number of sulfonamides is 1. The van der Waals surface area contributed by atoms with Gasteiger partial charge in [-0.2, -0.15) is 0 Å². The fraction of sp³-hybridized carbons (Fsp3) is 0.235. The summed E-state index contributed by atoms with van der Waals surface area (Å²) >= 11 is 5.97. The van der Waals surface area contributed by atoms with Gasteiger partial charge in [-0.05, 0) is 50.2 Å². The van der Waals surface area contributed by atoms with Gasteiger partial charge in [0.25, 0.3) is 10.0 Å².